The van der Waals surface area contributed by atoms with E-state index in [1.165, 1.54) is 33.1 Å². The molecule has 1 saturated heterocycles. The molecule has 0 amide bonds. The second kappa shape index (κ2) is 6.38. The molecular formula is C13H18BrIN2. The topological polar surface area (TPSA) is 15.3 Å². The van der Waals surface area contributed by atoms with Crippen LogP contribution in [0.5, 0.6) is 0 Å². The van der Waals surface area contributed by atoms with Crippen molar-refractivity contribution in [2.45, 2.75) is 25.8 Å². The Morgan fingerprint density at radius 1 is 1.53 bits per heavy atom. The molecule has 0 bridgehead atoms. The Labute approximate surface area is 125 Å². The van der Waals surface area contributed by atoms with Gasteiger partial charge in [0.25, 0.3) is 0 Å². The van der Waals surface area contributed by atoms with Gasteiger partial charge in [-0.15, -0.1) is 0 Å². The summed E-state index contributed by atoms with van der Waals surface area (Å²) in [7, 11) is 0. The summed E-state index contributed by atoms with van der Waals surface area (Å²) in [4.78, 5) is 2.48. The van der Waals surface area contributed by atoms with E-state index in [2.05, 4.69) is 73.9 Å². The highest BCUT2D eigenvalue weighted by Gasteiger charge is 2.20. The average molecular weight is 409 g/mol. The highest BCUT2D eigenvalue weighted by molar-refractivity contribution is 14.1. The van der Waals surface area contributed by atoms with Crippen LogP contribution in [0.25, 0.3) is 0 Å². The van der Waals surface area contributed by atoms with Crippen LogP contribution in [-0.4, -0.2) is 25.7 Å². The Bertz CT molecular complexity index is 382. The highest BCUT2D eigenvalue weighted by atomic mass is 127. The molecule has 0 radical (unpaired) electrons. The Hall–Kier alpha value is 0.190. The minimum absolute atomic E-state index is 0.639. The summed E-state index contributed by atoms with van der Waals surface area (Å²) in [5.74, 6) is 0. The van der Waals surface area contributed by atoms with Crippen LogP contribution in [0.1, 0.15) is 19.8 Å². The zero-order valence-corrected chi connectivity index (χ0v) is 13.8. The smallest absolute Gasteiger partial charge is 0.0511 e. The number of halogens is 2. The summed E-state index contributed by atoms with van der Waals surface area (Å²) in [6.45, 7) is 5.53. The summed E-state index contributed by atoms with van der Waals surface area (Å²) < 4.78 is 2.49. The van der Waals surface area contributed by atoms with Crippen LogP contribution < -0.4 is 10.2 Å². The van der Waals surface area contributed by atoms with E-state index in [9.17, 15) is 0 Å². The van der Waals surface area contributed by atoms with Crippen molar-refractivity contribution in [1.82, 2.24) is 5.32 Å². The van der Waals surface area contributed by atoms with Gasteiger partial charge in [-0.05, 0) is 76.1 Å². The number of nitrogens with one attached hydrogen (secondary N) is 1. The molecular weight excluding hydrogens is 391 g/mol. The molecule has 1 aromatic rings. The van der Waals surface area contributed by atoms with Gasteiger partial charge in [-0.1, -0.05) is 6.92 Å². The molecule has 1 heterocycles. The van der Waals surface area contributed by atoms with Gasteiger partial charge in [0.1, 0.15) is 0 Å². The first-order valence-electron chi connectivity index (χ1n) is 6.14. The highest BCUT2D eigenvalue weighted by Crippen LogP contribution is 2.30. The van der Waals surface area contributed by atoms with Crippen LogP contribution >= 0.6 is 38.5 Å². The molecule has 1 atom stereocenters. The lowest BCUT2D eigenvalue weighted by Gasteiger charge is -2.35. The summed E-state index contributed by atoms with van der Waals surface area (Å²) in [5, 5.41) is 3.56. The molecule has 2 rings (SSSR count). The Morgan fingerprint density at radius 2 is 2.35 bits per heavy atom. The van der Waals surface area contributed by atoms with Crippen molar-refractivity contribution in [3.05, 3.63) is 26.2 Å². The number of hydrogen-bond acceptors (Lipinski definition) is 2. The maximum absolute atomic E-state index is 3.67. The Kier molecular flexibility index (Phi) is 5.11. The van der Waals surface area contributed by atoms with Gasteiger partial charge >= 0.3 is 0 Å². The normalized spacial score (nSPS) is 20.6. The lowest BCUT2D eigenvalue weighted by molar-refractivity contribution is 0.431. The summed E-state index contributed by atoms with van der Waals surface area (Å²) >= 11 is 6.02. The van der Waals surface area contributed by atoms with Gasteiger partial charge in [0.15, 0.2) is 0 Å². The zero-order valence-electron chi connectivity index (χ0n) is 10.0. The number of hydrogen-bond donors (Lipinski definition) is 1. The summed E-state index contributed by atoms with van der Waals surface area (Å²) in [6.07, 6.45) is 2.57. The van der Waals surface area contributed by atoms with Crippen molar-refractivity contribution in [1.29, 1.82) is 0 Å². The maximum Gasteiger partial charge on any atom is 0.0511 e. The summed E-state index contributed by atoms with van der Waals surface area (Å²) in [6, 6.07) is 7.23. The van der Waals surface area contributed by atoms with Crippen molar-refractivity contribution in [2.24, 2.45) is 0 Å². The van der Waals surface area contributed by atoms with Crippen molar-refractivity contribution in [3.63, 3.8) is 0 Å². The van der Waals surface area contributed by atoms with Gasteiger partial charge in [0.2, 0.25) is 0 Å². The molecule has 94 valence electrons. The predicted molar refractivity (Wildman–Crippen MR) is 85.8 cm³/mol. The second-order valence-corrected chi connectivity index (χ2v) is 6.54. The molecule has 1 N–H and O–H groups in total. The lowest BCUT2D eigenvalue weighted by atomic mass is 10.0. The van der Waals surface area contributed by atoms with E-state index in [-0.39, 0.29) is 0 Å². The average Bonchev–Trinajstić information content (AvgIpc) is 2.29. The van der Waals surface area contributed by atoms with E-state index in [1.807, 2.05) is 0 Å². The number of rotatable bonds is 3. The number of likely N-dealkylation sites (N-methyl/N-ethyl adjacent to an activating group) is 1. The van der Waals surface area contributed by atoms with Gasteiger partial charge < -0.3 is 10.2 Å². The van der Waals surface area contributed by atoms with Crippen LogP contribution in [0, 0.1) is 3.57 Å². The van der Waals surface area contributed by atoms with Crippen molar-refractivity contribution in [2.75, 3.05) is 24.5 Å². The number of nitrogens with zero attached hydrogens (tertiary/aromatic N) is 1. The molecule has 0 aromatic heterocycles. The maximum atomic E-state index is 3.67. The van der Waals surface area contributed by atoms with E-state index in [0.717, 1.165) is 13.1 Å². The SMILES string of the molecule is CCNC1CCCN(c2ccc(I)cc2Br)C1. The first-order chi connectivity index (χ1) is 8.20. The zero-order chi connectivity index (χ0) is 12.3. The Balaban J connectivity index is 2.10. The van der Waals surface area contributed by atoms with Crippen LogP contribution in [0.2, 0.25) is 0 Å². The van der Waals surface area contributed by atoms with Crippen LogP contribution in [0.15, 0.2) is 22.7 Å². The van der Waals surface area contributed by atoms with Crippen LogP contribution in [-0.2, 0) is 0 Å². The van der Waals surface area contributed by atoms with E-state index in [0.29, 0.717) is 6.04 Å². The minimum Gasteiger partial charge on any atom is -0.369 e. The monoisotopic (exact) mass is 408 g/mol. The third-order valence-corrected chi connectivity index (χ3v) is 4.47. The van der Waals surface area contributed by atoms with Crippen molar-refractivity contribution < 1.29 is 0 Å². The van der Waals surface area contributed by atoms with E-state index < -0.39 is 0 Å². The van der Waals surface area contributed by atoms with E-state index in [4.69, 9.17) is 0 Å². The number of piperidine rings is 1. The van der Waals surface area contributed by atoms with Gasteiger partial charge in [-0.25, -0.2) is 0 Å². The number of anilines is 1. The first kappa shape index (κ1) is 13.6. The fourth-order valence-corrected chi connectivity index (χ4v) is 3.94. The predicted octanol–water partition coefficient (Wildman–Crippen LogP) is 3.63. The lowest BCUT2D eigenvalue weighted by Crippen LogP contribution is -2.45. The third kappa shape index (κ3) is 3.58. The van der Waals surface area contributed by atoms with Crippen LogP contribution in [0.4, 0.5) is 5.69 Å². The third-order valence-electron chi connectivity index (χ3n) is 3.16. The van der Waals surface area contributed by atoms with Gasteiger partial charge in [-0.2, -0.15) is 0 Å². The molecule has 1 aliphatic rings. The Morgan fingerprint density at radius 3 is 3.06 bits per heavy atom. The van der Waals surface area contributed by atoms with E-state index >= 15 is 0 Å². The summed E-state index contributed by atoms with van der Waals surface area (Å²) in [5.41, 5.74) is 1.33. The second-order valence-electron chi connectivity index (χ2n) is 4.44. The molecule has 0 aliphatic carbocycles. The van der Waals surface area contributed by atoms with Crippen LogP contribution in [0.3, 0.4) is 0 Å². The molecule has 1 unspecified atom stereocenters. The molecule has 1 aromatic carbocycles. The van der Waals surface area contributed by atoms with Crippen molar-refractivity contribution in [3.8, 4) is 0 Å². The fourth-order valence-electron chi connectivity index (χ4n) is 2.39. The standard InChI is InChI=1S/C13H18BrIN2/c1-2-16-11-4-3-7-17(9-11)13-6-5-10(15)8-12(13)14/h5-6,8,11,16H,2-4,7,9H2,1H3. The van der Waals surface area contributed by atoms with Gasteiger partial charge in [0.05, 0.1) is 5.69 Å². The largest absolute Gasteiger partial charge is 0.369 e. The molecule has 0 spiro atoms. The molecule has 1 fully saturated rings. The fraction of sp³-hybridized carbons (Fsp3) is 0.538. The minimum atomic E-state index is 0.639. The van der Waals surface area contributed by atoms with E-state index in [1.54, 1.807) is 0 Å². The quantitative estimate of drug-likeness (QED) is 0.768. The molecule has 0 saturated carbocycles. The van der Waals surface area contributed by atoms with Crippen molar-refractivity contribution >= 4 is 44.2 Å². The first-order valence-corrected chi connectivity index (χ1v) is 8.01. The number of benzene rings is 1. The van der Waals surface area contributed by atoms with Gasteiger partial charge in [-0.3, -0.25) is 0 Å². The molecule has 1 aliphatic heterocycles. The molecule has 17 heavy (non-hydrogen) atoms. The molecule has 4 heteroatoms. The molecule has 2 nitrogen and oxygen atoms in total. The van der Waals surface area contributed by atoms with Gasteiger partial charge in [0, 0.05) is 27.2 Å².